The molecule has 19 heavy (non-hydrogen) atoms. The molecule has 0 spiro atoms. The normalized spacial score (nSPS) is 18.4. The Labute approximate surface area is 111 Å². The topological polar surface area (TPSA) is 73.2 Å². The first kappa shape index (κ1) is 12.2. The van der Waals surface area contributed by atoms with Crippen molar-refractivity contribution < 1.29 is 19.4 Å². The first-order valence-electron chi connectivity index (χ1n) is 6.58. The van der Waals surface area contributed by atoms with Gasteiger partial charge >= 0.3 is 0 Å². The third kappa shape index (κ3) is 2.10. The van der Waals surface area contributed by atoms with E-state index in [4.69, 9.17) is 4.52 Å². The van der Waals surface area contributed by atoms with Crippen molar-refractivity contribution in [3.63, 3.8) is 0 Å². The van der Waals surface area contributed by atoms with Crippen LogP contribution in [-0.2, 0) is 5.60 Å². The number of benzene rings is 1. The third-order valence-corrected chi connectivity index (χ3v) is 3.73. The first-order valence-corrected chi connectivity index (χ1v) is 6.58. The Hall–Kier alpha value is -1.88. The Kier molecular flexibility index (Phi) is 2.98. The van der Waals surface area contributed by atoms with Crippen LogP contribution >= 0.6 is 0 Å². The first-order chi connectivity index (χ1) is 9.21. The summed E-state index contributed by atoms with van der Waals surface area (Å²) in [6.07, 6.45) is 4.07. The summed E-state index contributed by atoms with van der Waals surface area (Å²) < 4.78 is 6.19. The summed E-state index contributed by atoms with van der Waals surface area (Å²) in [6, 6.07) is 9.26. The number of para-hydroxylation sites is 1. The molecule has 1 aliphatic carbocycles. The second-order valence-corrected chi connectivity index (χ2v) is 5.05. The molecule has 0 radical (unpaired) electrons. The molecule has 0 saturated heterocycles. The Balaban J connectivity index is 2.08. The number of hydrogen-bond acceptors (Lipinski definition) is 4. The largest absolute Gasteiger partial charge is 0.539 e. The zero-order chi connectivity index (χ0) is 13.3. The molecule has 100 valence electrons. The molecule has 3 rings (SSSR count). The van der Waals surface area contributed by atoms with Gasteiger partial charge in [0.05, 0.1) is 5.27 Å². The van der Waals surface area contributed by atoms with E-state index >= 15 is 0 Å². The molecule has 1 aromatic heterocycles. The van der Waals surface area contributed by atoms with Gasteiger partial charge in [-0.1, -0.05) is 24.6 Å². The maximum Gasteiger partial charge on any atom is 0.271 e. The highest BCUT2D eigenvalue weighted by molar-refractivity contribution is 5.24. The van der Waals surface area contributed by atoms with Crippen LogP contribution in [-0.4, -0.2) is 10.4 Å². The molecule has 5 nitrogen and oxygen atoms in total. The monoisotopic (exact) mass is 260 g/mol. The summed E-state index contributed by atoms with van der Waals surface area (Å²) in [5, 5.41) is 26.4. The van der Waals surface area contributed by atoms with Crippen LogP contribution in [0.5, 0.6) is 5.95 Å². The van der Waals surface area contributed by atoms with Crippen LogP contribution in [0, 0.1) is 0 Å². The molecule has 2 aromatic rings. The summed E-state index contributed by atoms with van der Waals surface area (Å²) in [5.74, 6) is -0.548. The van der Waals surface area contributed by atoms with E-state index in [2.05, 4.69) is 5.27 Å². The van der Waals surface area contributed by atoms with Gasteiger partial charge in [-0.25, -0.2) is 0 Å². The predicted molar refractivity (Wildman–Crippen MR) is 64.5 cm³/mol. The fourth-order valence-electron chi connectivity index (χ4n) is 2.75. The van der Waals surface area contributed by atoms with E-state index in [-0.39, 0.29) is 5.69 Å². The van der Waals surface area contributed by atoms with Crippen molar-refractivity contribution in [3.8, 4) is 11.6 Å². The van der Waals surface area contributed by atoms with Gasteiger partial charge in [-0.15, -0.1) is 0 Å². The van der Waals surface area contributed by atoms with Gasteiger partial charge in [0.1, 0.15) is 0 Å². The maximum absolute atomic E-state index is 11.9. The number of nitrogens with zero attached hydrogens (tertiary/aromatic N) is 2. The second-order valence-electron chi connectivity index (χ2n) is 5.05. The molecule has 1 saturated carbocycles. The summed E-state index contributed by atoms with van der Waals surface area (Å²) in [4.78, 5) is 0. The van der Waals surface area contributed by atoms with E-state index in [0.29, 0.717) is 12.8 Å². The highest BCUT2D eigenvalue weighted by atomic mass is 16.6. The molecule has 1 aliphatic rings. The summed E-state index contributed by atoms with van der Waals surface area (Å²) in [6.45, 7) is 0. The number of rotatable bonds is 2. The van der Waals surface area contributed by atoms with Gasteiger partial charge in [0.2, 0.25) is 5.69 Å². The highest BCUT2D eigenvalue weighted by Crippen LogP contribution is 2.38. The van der Waals surface area contributed by atoms with Gasteiger partial charge in [-0.3, -0.25) is 0 Å². The van der Waals surface area contributed by atoms with Crippen molar-refractivity contribution in [2.75, 3.05) is 0 Å². The van der Waals surface area contributed by atoms with Crippen LogP contribution in [0.4, 0.5) is 0 Å². The number of hydrogen-bond donors (Lipinski definition) is 1. The van der Waals surface area contributed by atoms with Crippen molar-refractivity contribution in [2.24, 2.45) is 0 Å². The zero-order valence-corrected chi connectivity index (χ0v) is 10.6. The molecular formula is C14H16N2O3. The Bertz CT molecular complexity index is 559. The molecule has 0 bridgehead atoms. The molecule has 0 atom stereocenters. The highest BCUT2D eigenvalue weighted by Gasteiger charge is 2.42. The SMILES string of the molecule is [O-]c1on[n+](-c2ccccc2)c1C1(O)CCCCC1. The lowest BCUT2D eigenvalue weighted by Gasteiger charge is -2.28. The third-order valence-electron chi connectivity index (χ3n) is 3.73. The van der Waals surface area contributed by atoms with Gasteiger partial charge < -0.3 is 14.7 Å². The van der Waals surface area contributed by atoms with Crippen LogP contribution < -0.4 is 9.79 Å². The van der Waals surface area contributed by atoms with Crippen LogP contribution in [0.15, 0.2) is 34.9 Å². The Morgan fingerprint density at radius 2 is 1.84 bits per heavy atom. The van der Waals surface area contributed by atoms with Gasteiger partial charge in [0.25, 0.3) is 5.69 Å². The molecule has 1 heterocycles. The van der Waals surface area contributed by atoms with Crippen molar-refractivity contribution >= 4 is 0 Å². The minimum Gasteiger partial charge on any atom is -0.539 e. The Morgan fingerprint density at radius 1 is 1.16 bits per heavy atom. The van der Waals surface area contributed by atoms with Gasteiger partial charge in [0.15, 0.2) is 11.5 Å². The van der Waals surface area contributed by atoms with E-state index in [9.17, 15) is 10.2 Å². The standard InChI is InChI=1S/C14H16N2O3/c17-13-12(14(18)9-5-2-6-10-14)16(15-19-13)11-7-3-1-4-8-11/h1,3-4,7-8,18H,2,5-6,9-10H2. The fourth-order valence-corrected chi connectivity index (χ4v) is 2.75. The molecule has 1 aromatic carbocycles. The minimum absolute atomic E-state index is 0.249. The van der Waals surface area contributed by atoms with Crippen molar-refractivity contribution in [2.45, 2.75) is 37.7 Å². The van der Waals surface area contributed by atoms with Crippen molar-refractivity contribution in [3.05, 3.63) is 36.0 Å². The van der Waals surface area contributed by atoms with Crippen LogP contribution in [0.1, 0.15) is 37.8 Å². The molecule has 0 amide bonds. The van der Waals surface area contributed by atoms with E-state index in [1.54, 1.807) is 0 Å². The van der Waals surface area contributed by atoms with Gasteiger partial charge in [-0.05, 0) is 30.4 Å². The Morgan fingerprint density at radius 3 is 2.53 bits per heavy atom. The summed E-state index contributed by atoms with van der Waals surface area (Å²) in [5.41, 5.74) is -0.147. The van der Waals surface area contributed by atoms with Crippen molar-refractivity contribution in [1.29, 1.82) is 0 Å². The quantitative estimate of drug-likeness (QED) is 0.823. The van der Waals surface area contributed by atoms with E-state index < -0.39 is 11.5 Å². The molecular weight excluding hydrogens is 244 g/mol. The maximum atomic E-state index is 11.9. The molecule has 1 fully saturated rings. The lowest BCUT2D eigenvalue weighted by atomic mass is 9.82. The molecule has 5 heteroatoms. The average Bonchev–Trinajstić information content (AvgIpc) is 2.83. The predicted octanol–water partition coefficient (Wildman–Crippen LogP) is 1.18. The van der Waals surface area contributed by atoms with Crippen molar-refractivity contribution in [1.82, 2.24) is 5.27 Å². The molecule has 0 unspecified atom stereocenters. The molecule has 1 N–H and O–H groups in total. The van der Waals surface area contributed by atoms with Crippen LogP contribution in [0.3, 0.4) is 0 Å². The average molecular weight is 260 g/mol. The smallest absolute Gasteiger partial charge is 0.271 e. The van der Waals surface area contributed by atoms with Gasteiger partial charge in [-0.2, -0.15) is 0 Å². The summed E-state index contributed by atoms with van der Waals surface area (Å²) >= 11 is 0. The minimum atomic E-state index is -1.12. The lowest BCUT2D eigenvalue weighted by molar-refractivity contribution is -0.684. The summed E-state index contributed by atoms with van der Waals surface area (Å²) in [7, 11) is 0. The molecule has 0 aliphatic heterocycles. The van der Waals surface area contributed by atoms with E-state index in [0.717, 1.165) is 24.9 Å². The van der Waals surface area contributed by atoms with E-state index in [1.807, 2.05) is 30.3 Å². The van der Waals surface area contributed by atoms with Crippen LogP contribution in [0.2, 0.25) is 0 Å². The van der Waals surface area contributed by atoms with Gasteiger partial charge in [0, 0.05) is 12.1 Å². The van der Waals surface area contributed by atoms with E-state index in [1.165, 1.54) is 4.68 Å². The lowest BCUT2D eigenvalue weighted by Crippen LogP contribution is -2.45. The number of aromatic nitrogens is 2. The fraction of sp³-hybridized carbons (Fsp3) is 0.429. The van der Waals surface area contributed by atoms with Crippen LogP contribution in [0.25, 0.3) is 5.69 Å². The number of aliphatic hydroxyl groups is 1. The zero-order valence-electron chi connectivity index (χ0n) is 10.6. The second kappa shape index (κ2) is 4.66.